The summed E-state index contributed by atoms with van der Waals surface area (Å²) in [5.41, 5.74) is 0.287. The third-order valence-electron chi connectivity index (χ3n) is 6.00. The molecule has 2 atom stereocenters. The van der Waals surface area contributed by atoms with E-state index in [1.807, 2.05) is 31.7 Å². The molecule has 0 saturated carbocycles. The second-order valence-electron chi connectivity index (χ2n) is 9.49. The lowest BCUT2D eigenvalue weighted by Crippen LogP contribution is -2.63. The number of benzene rings is 1. The van der Waals surface area contributed by atoms with E-state index in [2.05, 4.69) is 11.8 Å². The van der Waals surface area contributed by atoms with Crippen molar-refractivity contribution in [3.63, 3.8) is 0 Å². The van der Waals surface area contributed by atoms with E-state index in [1.165, 1.54) is 12.8 Å². The molecule has 0 spiro atoms. The average molecular weight is 470 g/mol. The molecule has 172 valence electrons. The highest BCUT2D eigenvalue weighted by molar-refractivity contribution is 6.42. The maximum Gasteiger partial charge on any atom is 0.410 e. The highest BCUT2D eigenvalue weighted by Crippen LogP contribution is 2.25. The zero-order valence-corrected chi connectivity index (χ0v) is 20.4. The van der Waals surface area contributed by atoms with Crippen molar-refractivity contribution >= 4 is 35.2 Å². The van der Waals surface area contributed by atoms with E-state index in [-0.39, 0.29) is 30.5 Å². The first-order chi connectivity index (χ1) is 14.5. The standard InChI is InChI=1S/C23H33Cl2N3O3/c1-16(26-9-5-6-10-26)20-15-27(22(30)31-23(2,3)4)11-12-28(20)21(29)14-17-7-8-18(24)19(25)13-17/h7-8,13,16,20H,5-6,9-12,14-15H2,1-4H3/t16-,20-/m1/s1. The van der Waals surface area contributed by atoms with Crippen molar-refractivity contribution in [3.05, 3.63) is 33.8 Å². The maximum absolute atomic E-state index is 13.3. The first-order valence-electron chi connectivity index (χ1n) is 11.0. The van der Waals surface area contributed by atoms with Crippen LogP contribution in [0.2, 0.25) is 10.0 Å². The topological polar surface area (TPSA) is 53.1 Å². The Labute approximate surface area is 195 Å². The minimum Gasteiger partial charge on any atom is -0.444 e. The zero-order valence-electron chi connectivity index (χ0n) is 18.9. The zero-order chi connectivity index (χ0) is 22.8. The molecule has 2 fully saturated rings. The molecule has 0 unspecified atom stereocenters. The molecule has 6 nitrogen and oxygen atoms in total. The quantitative estimate of drug-likeness (QED) is 0.652. The molecular formula is C23H33Cl2N3O3. The van der Waals surface area contributed by atoms with Gasteiger partial charge in [-0.15, -0.1) is 0 Å². The van der Waals surface area contributed by atoms with Gasteiger partial charge in [0.15, 0.2) is 0 Å². The number of carbonyl (C=O) groups excluding carboxylic acids is 2. The van der Waals surface area contributed by atoms with Gasteiger partial charge in [0, 0.05) is 25.7 Å². The molecular weight excluding hydrogens is 437 g/mol. The largest absolute Gasteiger partial charge is 0.444 e. The average Bonchev–Trinajstić information content (AvgIpc) is 3.23. The molecule has 1 aromatic rings. The Kier molecular flexibility index (Phi) is 7.76. The van der Waals surface area contributed by atoms with Gasteiger partial charge in [0.1, 0.15) is 5.60 Å². The van der Waals surface area contributed by atoms with Crippen LogP contribution in [0.3, 0.4) is 0 Å². The van der Waals surface area contributed by atoms with Gasteiger partial charge in [0.05, 0.1) is 22.5 Å². The van der Waals surface area contributed by atoms with E-state index < -0.39 is 5.60 Å². The number of ether oxygens (including phenoxy) is 1. The Morgan fingerprint density at radius 1 is 1.10 bits per heavy atom. The summed E-state index contributed by atoms with van der Waals surface area (Å²) in [6.45, 7) is 11.2. The maximum atomic E-state index is 13.3. The molecule has 0 aromatic heterocycles. The van der Waals surface area contributed by atoms with Gasteiger partial charge >= 0.3 is 6.09 Å². The van der Waals surface area contributed by atoms with Crippen LogP contribution in [0.15, 0.2) is 18.2 Å². The summed E-state index contributed by atoms with van der Waals surface area (Å²) in [6, 6.07) is 5.37. The number of rotatable bonds is 4. The van der Waals surface area contributed by atoms with Crippen molar-refractivity contribution in [2.75, 3.05) is 32.7 Å². The SMILES string of the molecule is C[C@H]([C@H]1CN(C(=O)OC(C)(C)C)CCN1C(=O)Cc1ccc(Cl)c(Cl)c1)N1CCCC1. The van der Waals surface area contributed by atoms with Gasteiger partial charge in [-0.3, -0.25) is 9.69 Å². The van der Waals surface area contributed by atoms with Crippen molar-refractivity contribution in [2.45, 2.75) is 64.6 Å². The van der Waals surface area contributed by atoms with Crippen LogP contribution in [0.25, 0.3) is 0 Å². The molecule has 2 aliphatic heterocycles. The third-order valence-corrected chi connectivity index (χ3v) is 6.74. The van der Waals surface area contributed by atoms with Crippen LogP contribution in [-0.2, 0) is 16.0 Å². The summed E-state index contributed by atoms with van der Waals surface area (Å²) in [4.78, 5) is 32.1. The lowest BCUT2D eigenvalue weighted by atomic mass is 10.0. The van der Waals surface area contributed by atoms with E-state index in [1.54, 1.807) is 17.0 Å². The number of amides is 2. The van der Waals surface area contributed by atoms with Crippen molar-refractivity contribution in [1.29, 1.82) is 0 Å². The molecule has 0 radical (unpaired) electrons. The summed E-state index contributed by atoms with van der Waals surface area (Å²) in [6.07, 6.45) is 2.28. The van der Waals surface area contributed by atoms with Crippen molar-refractivity contribution in [3.8, 4) is 0 Å². The summed E-state index contributed by atoms with van der Waals surface area (Å²) >= 11 is 12.1. The molecule has 31 heavy (non-hydrogen) atoms. The first-order valence-corrected chi connectivity index (χ1v) is 11.8. The Morgan fingerprint density at radius 2 is 1.77 bits per heavy atom. The number of halogens is 2. The van der Waals surface area contributed by atoms with E-state index in [4.69, 9.17) is 27.9 Å². The van der Waals surface area contributed by atoms with Crippen LogP contribution >= 0.6 is 23.2 Å². The van der Waals surface area contributed by atoms with Crippen LogP contribution < -0.4 is 0 Å². The molecule has 2 saturated heterocycles. The number of likely N-dealkylation sites (tertiary alicyclic amines) is 1. The van der Waals surface area contributed by atoms with E-state index >= 15 is 0 Å². The number of nitrogens with zero attached hydrogens (tertiary/aromatic N) is 3. The van der Waals surface area contributed by atoms with Crippen LogP contribution in [-0.4, -0.2) is 77.1 Å². The lowest BCUT2D eigenvalue weighted by Gasteiger charge is -2.46. The smallest absolute Gasteiger partial charge is 0.410 e. The van der Waals surface area contributed by atoms with Gasteiger partial charge in [0.25, 0.3) is 0 Å². The predicted molar refractivity (Wildman–Crippen MR) is 124 cm³/mol. The highest BCUT2D eigenvalue weighted by atomic mass is 35.5. The molecule has 0 N–H and O–H groups in total. The van der Waals surface area contributed by atoms with Crippen LogP contribution in [0.1, 0.15) is 46.1 Å². The molecule has 0 bridgehead atoms. The van der Waals surface area contributed by atoms with Crippen molar-refractivity contribution in [2.24, 2.45) is 0 Å². The summed E-state index contributed by atoms with van der Waals surface area (Å²) in [5, 5.41) is 0.924. The fourth-order valence-corrected chi connectivity index (χ4v) is 4.66. The normalized spacial score (nSPS) is 21.3. The summed E-state index contributed by atoms with van der Waals surface area (Å²) in [7, 11) is 0. The Morgan fingerprint density at radius 3 is 2.39 bits per heavy atom. The minimum atomic E-state index is -0.548. The fourth-order valence-electron chi connectivity index (χ4n) is 4.34. The molecule has 2 amide bonds. The third kappa shape index (κ3) is 6.27. The van der Waals surface area contributed by atoms with Gasteiger partial charge in [-0.05, 0) is 71.3 Å². The molecule has 2 heterocycles. The number of carbonyl (C=O) groups is 2. The lowest BCUT2D eigenvalue weighted by molar-refractivity contribution is -0.137. The second-order valence-corrected chi connectivity index (χ2v) is 10.3. The van der Waals surface area contributed by atoms with E-state index in [0.29, 0.717) is 29.7 Å². The predicted octanol–water partition coefficient (Wildman–Crippen LogP) is 4.47. The molecule has 3 rings (SSSR count). The molecule has 2 aliphatic rings. The fraction of sp³-hybridized carbons (Fsp3) is 0.652. The Balaban J connectivity index is 1.76. The number of hydrogen-bond acceptors (Lipinski definition) is 4. The molecule has 8 heteroatoms. The van der Waals surface area contributed by atoms with Crippen LogP contribution in [0.5, 0.6) is 0 Å². The van der Waals surface area contributed by atoms with Gasteiger partial charge in [-0.1, -0.05) is 29.3 Å². The van der Waals surface area contributed by atoms with Gasteiger partial charge in [-0.25, -0.2) is 4.79 Å². The minimum absolute atomic E-state index is 0.0401. The van der Waals surface area contributed by atoms with Crippen LogP contribution in [0.4, 0.5) is 4.79 Å². The van der Waals surface area contributed by atoms with Crippen molar-refractivity contribution < 1.29 is 14.3 Å². The van der Waals surface area contributed by atoms with E-state index in [0.717, 1.165) is 18.7 Å². The van der Waals surface area contributed by atoms with Gasteiger partial charge in [-0.2, -0.15) is 0 Å². The number of hydrogen-bond donors (Lipinski definition) is 0. The van der Waals surface area contributed by atoms with Crippen molar-refractivity contribution in [1.82, 2.24) is 14.7 Å². The van der Waals surface area contributed by atoms with E-state index in [9.17, 15) is 9.59 Å². The summed E-state index contributed by atoms with van der Waals surface area (Å²) < 4.78 is 5.59. The van der Waals surface area contributed by atoms with Gasteiger partial charge in [0.2, 0.25) is 5.91 Å². The Hall–Kier alpha value is -1.50. The van der Waals surface area contributed by atoms with Crippen LogP contribution in [0, 0.1) is 0 Å². The second kappa shape index (κ2) is 9.97. The highest BCUT2D eigenvalue weighted by Gasteiger charge is 2.39. The molecule has 1 aromatic carbocycles. The van der Waals surface area contributed by atoms with Gasteiger partial charge < -0.3 is 14.5 Å². The first kappa shape index (κ1) is 24.1. The summed E-state index contributed by atoms with van der Waals surface area (Å²) in [5.74, 6) is 0.0401. The number of piperazine rings is 1. The molecule has 0 aliphatic carbocycles. The Bertz CT molecular complexity index is 806. The monoisotopic (exact) mass is 469 g/mol.